The number of benzene rings is 5. The van der Waals surface area contributed by atoms with Gasteiger partial charge in [-0.3, -0.25) is 14.5 Å². The van der Waals surface area contributed by atoms with Crippen molar-refractivity contribution in [2.75, 3.05) is 26.2 Å². The molecule has 0 unspecified atom stereocenters. The lowest BCUT2D eigenvalue weighted by Gasteiger charge is -2.26. The minimum Gasteiger partial charge on any atom is -0.492 e. The van der Waals surface area contributed by atoms with Gasteiger partial charge in [-0.05, 0) is 111 Å². The second-order valence-electron chi connectivity index (χ2n) is 12.9. The van der Waals surface area contributed by atoms with Gasteiger partial charge in [-0.1, -0.05) is 55.0 Å². The van der Waals surface area contributed by atoms with Gasteiger partial charge in [0.05, 0.1) is 11.1 Å². The van der Waals surface area contributed by atoms with Crippen LogP contribution < -0.4 is 14.2 Å². The fraction of sp³-hybridized carbons (Fsp3) is 0.182. The summed E-state index contributed by atoms with van der Waals surface area (Å²) in [7, 11) is 0. The van der Waals surface area contributed by atoms with Crippen LogP contribution in [0.15, 0.2) is 121 Å². The van der Waals surface area contributed by atoms with Crippen LogP contribution in [0.5, 0.6) is 17.2 Å². The molecule has 1 aliphatic rings. The molecule has 9 heteroatoms. The van der Waals surface area contributed by atoms with E-state index in [0.717, 1.165) is 24.3 Å². The number of rotatable bonds is 12. The van der Waals surface area contributed by atoms with E-state index in [0.29, 0.717) is 56.0 Å². The van der Waals surface area contributed by atoms with Gasteiger partial charge in [0, 0.05) is 38.2 Å². The fourth-order valence-corrected chi connectivity index (χ4v) is 7.58. The van der Waals surface area contributed by atoms with Gasteiger partial charge < -0.3 is 14.2 Å². The van der Waals surface area contributed by atoms with Crippen molar-refractivity contribution < 1.29 is 33.4 Å². The summed E-state index contributed by atoms with van der Waals surface area (Å²) in [5, 5.41) is 0.685. The molecule has 0 atom stereocenters. The quantitative estimate of drug-likeness (QED) is 0.0700. The number of nitrogens with zero attached hydrogens (tertiary/aromatic N) is 1. The molecule has 266 valence electrons. The Kier molecular flexibility index (Phi) is 10.8. The van der Waals surface area contributed by atoms with Gasteiger partial charge in [0.15, 0.2) is 23.1 Å². The summed E-state index contributed by atoms with van der Waals surface area (Å²) in [4.78, 5) is 56.1. The summed E-state index contributed by atoms with van der Waals surface area (Å²) < 4.78 is 18.4. The number of likely N-dealkylation sites (tertiary alicyclic amines) is 1. The predicted octanol–water partition coefficient (Wildman–Crippen LogP) is 9.30. The number of ketones is 2. The minimum atomic E-state index is -0.642. The van der Waals surface area contributed by atoms with Gasteiger partial charge in [-0.15, -0.1) is 11.3 Å². The van der Waals surface area contributed by atoms with Gasteiger partial charge in [0.25, 0.3) is 0 Å². The first kappa shape index (κ1) is 35.5. The molecule has 1 fully saturated rings. The van der Waals surface area contributed by atoms with Crippen LogP contribution in [0, 0.1) is 0 Å². The molecule has 0 bridgehead atoms. The standard InChI is InChI=1S/C44H37NO7S/c1-29(46)33-17-21-36-39(28-33)53-42(40(36)41(47)30-15-19-35(20-16-30)50-26-25-45-23-9-4-10-24-45)34-18-22-37(51-43(48)31-11-5-2-6-12-31)38(27-34)52-44(49)32-13-7-3-8-14-32/h2-3,5-8,11-22,27-28H,4,9-10,23-26H2,1H3. The predicted molar refractivity (Wildman–Crippen MR) is 206 cm³/mol. The number of piperidine rings is 1. The van der Waals surface area contributed by atoms with E-state index in [9.17, 15) is 19.2 Å². The number of hydrogen-bond acceptors (Lipinski definition) is 9. The van der Waals surface area contributed by atoms with Crippen molar-refractivity contribution >= 4 is 44.9 Å². The maximum absolute atomic E-state index is 14.4. The van der Waals surface area contributed by atoms with Gasteiger partial charge in [-0.2, -0.15) is 0 Å². The van der Waals surface area contributed by atoms with E-state index in [2.05, 4.69) is 4.90 Å². The van der Waals surface area contributed by atoms with Crippen molar-refractivity contribution in [3.05, 3.63) is 149 Å². The monoisotopic (exact) mass is 723 g/mol. The minimum absolute atomic E-state index is 0.00645. The van der Waals surface area contributed by atoms with Crippen LogP contribution >= 0.6 is 11.3 Å². The number of thiophene rings is 1. The number of hydrogen-bond donors (Lipinski definition) is 0. The Bertz CT molecular complexity index is 2270. The SMILES string of the molecule is CC(=O)c1ccc2c(C(=O)c3ccc(OCCN4CCCCC4)cc3)c(-c3ccc(OC(=O)c4ccccc4)c(OC(=O)c4ccccc4)c3)sc2c1. The number of esters is 2. The summed E-state index contributed by atoms with van der Waals surface area (Å²) in [6, 6.07) is 34.3. The van der Waals surface area contributed by atoms with Gasteiger partial charge >= 0.3 is 11.9 Å². The van der Waals surface area contributed by atoms with Crippen LogP contribution in [-0.2, 0) is 0 Å². The highest BCUT2D eigenvalue weighted by atomic mass is 32.1. The topological polar surface area (TPSA) is 99.2 Å². The number of fused-ring (bicyclic) bond motifs is 1. The zero-order chi connectivity index (χ0) is 36.7. The van der Waals surface area contributed by atoms with Crippen LogP contribution in [0.2, 0.25) is 0 Å². The van der Waals surface area contributed by atoms with E-state index < -0.39 is 11.9 Å². The molecule has 0 saturated carbocycles. The van der Waals surface area contributed by atoms with E-state index in [1.54, 1.807) is 109 Å². The Hall–Kier alpha value is -5.90. The molecule has 53 heavy (non-hydrogen) atoms. The molecular formula is C44H37NO7S. The normalized spacial score (nSPS) is 13.0. The zero-order valence-corrected chi connectivity index (χ0v) is 30.0. The molecular weight excluding hydrogens is 687 g/mol. The molecule has 8 nitrogen and oxygen atoms in total. The van der Waals surface area contributed by atoms with Gasteiger partial charge in [0.2, 0.25) is 0 Å². The Balaban J connectivity index is 1.24. The lowest BCUT2D eigenvalue weighted by Crippen LogP contribution is -2.33. The molecule has 0 spiro atoms. The van der Waals surface area contributed by atoms with Crippen LogP contribution in [-0.4, -0.2) is 54.6 Å². The molecule has 7 rings (SSSR count). The third-order valence-electron chi connectivity index (χ3n) is 9.20. The van der Waals surface area contributed by atoms with Crippen LogP contribution in [0.1, 0.15) is 73.2 Å². The van der Waals surface area contributed by atoms with E-state index in [1.807, 2.05) is 12.1 Å². The van der Waals surface area contributed by atoms with Crippen molar-refractivity contribution in [1.82, 2.24) is 4.90 Å². The molecule has 0 aliphatic carbocycles. The van der Waals surface area contributed by atoms with Crippen LogP contribution in [0.3, 0.4) is 0 Å². The van der Waals surface area contributed by atoms with Gasteiger partial charge in [-0.25, -0.2) is 9.59 Å². The van der Waals surface area contributed by atoms with Crippen molar-refractivity contribution in [1.29, 1.82) is 0 Å². The smallest absolute Gasteiger partial charge is 0.343 e. The number of carbonyl (C=O) groups is 4. The van der Waals surface area contributed by atoms with Crippen molar-refractivity contribution in [2.45, 2.75) is 26.2 Å². The fourth-order valence-electron chi connectivity index (χ4n) is 6.35. The van der Waals surface area contributed by atoms with E-state index >= 15 is 0 Å². The highest BCUT2D eigenvalue weighted by molar-refractivity contribution is 7.22. The molecule has 1 saturated heterocycles. The first-order valence-corrected chi connectivity index (χ1v) is 18.4. The van der Waals surface area contributed by atoms with Gasteiger partial charge in [0.1, 0.15) is 12.4 Å². The summed E-state index contributed by atoms with van der Waals surface area (Å²) in [6.45, 7) is 5.13. The third-order valence-corrected chi connectivity index (χ3v) is 10.4. The largest absolute Gasteiger partial charge is 0.492 e. The first-order valence-electron chi connectivity index (χ1n) is 17.6. The second kappa shape index (κ2) is 16.2. The average Bonchev–Trinajstić information content (AvgIpc) is 3.58. The molecule has 0 amide bonds. The molecule has 2 heterocycles. The maximum atomic E-state index is 14.4. The zero-order valence-electron chi connectivity index (χ0n) is 29.2. The Morgan fingerprint density at radius 1 is 0.642 bits per heavy atom. The average molecular weight is 724 g/mol. The summed E-state index contributed by atoms with van der Waals surface area (Å²) in [6.07, 6.45) is 3.72. The van der Waals surface area contributed by atoms with Crippen molar-refractivity contribution in [2.24, 2.45) is 0 Å². The molecule has 5 aromatic carbocycles. The molecule has 0 radical (unpaired) electrons. The highest BCUT2D eigenvalue weighted by Gasteiger charge is 2.25. The summed E-state index contributed by atoms with van der Waals surface area (Å²) >= 11 is 1.35. The number of Topliss-reactive ketones (excluding diaryl/α,β-unsaturated/α-hetero) is 1. The van der Waals surface area contributed by atoms with Crippen LogP contribution in [0.25, 0.3) is 20.5 Å². The summed E-state index contributed by atoms with van der Waals surface area (Å²) in [5.74, 6) is -0.844. The molecule has 6 aromatic rings. The third kappa shape index (κ3) is 8.27. The molecule has 1 aliphatic heterocycles. The molecule has 1 aromatic heterocycles. The highest BCUT2D eigenvalue weighted by Crippen LogP contribution is 2.43. The first-order chi connectivity index (χ1) is 25.8. The van der Waals surface area contributed by atoms with Crippen LogP contribution in [0.4, 0.5) is 0 Å². The van der Waals surface area contributed by atoms with Crippen molar-refractivity contribution in [3.8, 4) is 27.7 Å². The number of ether oxygens (including phenoxy) is 3. The van der Waals surface area contributed by atoms with E-state index in [1.165, 1.54) is 37.5 Å². The lowest BCUT2D eigenvalue weighted by atomic mass is 9.96. The Morgan fingerprint density at radius 2 is 1.26 bits per heavy atom. The Labute approximate surface area is 311 Å². The van der Waals surface area contributed by atoms with Crippen molar-refractivity contribution in [3.63, 3.8) is 0 Å². The van der Waals surface area contributed by atoms with E-state index in [4.69, 9.17) is 14.2 Å². The second-order valence-corrected chi connectivity index (χ2v) is 13.9. The lowest BCUT2D eigenvalue weighted by molar-refractivity contribution is 0.0682. The Morgan fingerprint density at radius 3 is 1.91 bits per heavy atom. The number of carbonyl (C=O) groups excluding carboxylic acids is 4. The van der Waals surface area contributed by atoms with E-state index in [-0.39, 0.29) is 23.1 Å². The molecule has 0 N–H and O–H groups in total. The maximum Gasteiger partial charge on any atom is 0.343 e. The summed E-state index contributed by atoms with van der Waals surface area (Å²) in [5.41, 5.74) is 2.63.